The Bertz CT molecular complexity index is 705. The Morgan fingerprint density at radius 2 is 1.67 bits per heavy atom. The maximum absolute atomic E-state index is 12.0. The summed E-state index contributed by atoms with van der Waals surface area (Å²) in [5, 5.41) is 6.27. The van der Waals surface area contributed by atoms with E-state index in [0.717, 1.165) is 35.7 Å². The normalized spacial score (nSPS) is 16.0. The highest BCUT2D eigenvalue weighted by atomic mass is 16.5. The number of carbonyl (C=O) groups excluding carboxylic acids is 1. The lowest BCUT2D eigenvalue weighted by molar-refractivity contribution is -0.116. The molecule has 0 aromatic heterocycles. The highest BCUT2D eigenvalue weighted by Gasteiger charge is 2.13. The van der Waals surface area contributed by atoms with Crippen molar-refractivity contribution < 1.29 is 9.53 Å². The van der Waals surface area contributed by atoms with Crippen LogP contribution in [0, 0.1) is 5.92 Å². The maximum atomic E-state index is 12.0. The van der Waals surface area contributed by atoms with E-state index >= 15 is 0 Å². The molecule has 0 saturated carbocycles. The van der Waals surface area contributed by atoms with Gasteiger partial charge in [0.05, 0.1) is 7.11 Å². The maximum Gasteiger partial charge on any atom is 0.224 e. The molecule has 0 fully saturated rings. The Morgan fingerprint density at radius 3 is 2.25 bits per heavy atom. The second kappa shape index (κ2) is 7.68. The standard InChI is InChI=1S/C20H22N2O2/c1-24-19-12-10-17(11-13-19)21-16-6-8-18(9-7-16)22-20(23)14-15-4-2-3-5-15/h2,4,6-13,15,21H,3,5,14H2,1H3,(H,22,23)/t15-/m0/s1. The highest BCUT2D eigenvalue weighted by molar-refractivity contribution is 5.91. The quantitative estimate of drug-likeness (QED) is 0.756. The van der Waals surface area contributed by atoms with Crippen LogP contribution in [-0.2, 0) is 4.79 Å². The van der Waals surface area contributed by atoms with Gasteiger partial charge in [0.25, 0.3) is 0 Å². The summed E-state index contributed by atoms with van der Waals surface area (Å²) in [6.45, 7) is 0. The lowest BCUT2D eigenvalue weighted by Crippen LogP contribution is -2.14. The molecule has 1 aliphatic carbocycles. The fourth-order valence-electron chi connectivity index (χ4n) is 2.79. The van der Waals surface area contributed by atoms with Gasteiger partial charge in [0.2, 0.25) is 5.91 Å². The molecule has 0 radical (unpaired) electrons. The zero-order valence-corrected chi connectivity index (χ0v) is 13.8. The minimum Gasteiger partial charge on any atom is -0.497 e. The van der Waals surface area contributed by atoms with Crippen molar-refractivity contribution >= 4 is 23.0 Å². The van der Waals surface area contributed by atoms with Crippen molar-refractivity contribution in [2.24, 2.45) is 5.92 Å². The van der Waals surface area contributed by atoms with Gasteiger partial charge in [-0.3, -0.25) is 4.79 Å². The molecule has 0 bridgehead atoms. The first-order valence-electron chi connectivity index (χ1n) is 8.20. The van der Waals surface area contributed by atoms with Crippen LogP contribution in [0.2, 0.25) is 0 Å². The number of nitrogens with one attached hydrogen (secondary N) is 2. The SMILES string of the molecule is COc1ccc(Nc2ccc(NC(=O)C[C@H]3C=CCC3)cc2)cc1. The first-order chi connectivity index (χ1) is 11.7. The van der Waals surface area contributed by atoms with Crippen LogP contribution in [0.5, 0.6) is 5.75 Å². The second-order valence-corrected chi connectivity index (χ2v) is 5.95. The van der Waals surface area contributed by atoms with Crippen molar-refractivity contribution in [3.05, 3.63) is 60.7 Å². The third kappa shape index (κ3) is 4.38. The van der Waals surface area contributed by atoms with Crippen LogP contribution in [-0.4, -0.2) is 13.0 Å². The molecule has 1 atom stereocenters. The summed E-state index contributed by atoms with van der Waals surface area (Å²) in [4.78, 5) is 12.0. The van der Waals surface area contributed by atoms with Gasteiger partial charge in [-0.15, -0.1) is 0 Å². The van der Waals surface area contributed by atoms with E-state index < -0.39 is 0 Å². The number of benzene rings is 2. The summed E-state index contributed by atoms with van der Waals surface area (Å²) < 4.78 is 5.15. The number of ether oxygens (including phenoxy) is 1. The summed E-state index contributed by atoms with van der Waals surface area (Å²) in [6, 6.07) is 15.5. The van der Waals surface area contributed by atoms with Crippen LogP contribution in [0.25, 0.3) is 0 Å². The molecule has 4 heteroatoms. The Morgan fingerprint density at radius 1 is 1.04 bits per heavy atom. The number of hydrogen-bond donors (Lipinski definition) is 2. The molecule has 0 unspecified atom stereocenters. The zero-order chi connectivity index (χ0) is 16.8. The predicted octanol–water partition coefficient (Wildman–Crippen LogP) is 4.73. The predicted molar refractivity (Wildman–Crippen MR) is 97.8 cm³/mol. The monoisotopic (exact) mass is 322 g/mol. The molecule has 24 heavy (non-hydrogen) atoms. The van der Waals surface area contributed by atoms with E-state index in [2.05, 4.69) is 22.8 Å². The Kier molecular flexibility index (Phi) is 5.16. The third-order valence-electron chi connectivity index (χ3n) is 4.11. The summed E-state index contributed by atoms with van der Waals surface area (Å²) in [5.74, 6) is 1.29. The zero-order valence-electron chi connectivity index (χ0n) is 13.8. The molecule has 0 aliphatic heterocycles. The topological polar surface area (TPSA) is 50.4 Å². The van der Waals surface area contributed by atoms with Crippen molar-refractivity contribution in [2.45, 2.75) is 19.3 Å². The number of methoxy groups -OCH3 is 1. The van der Waals surface area contributed by atoms with Crippen molar-refractivity contribution in [1.82, 2.24) is 0 Å². The van der Waals surface area contributed by atoms with E-state index in [9.17, 15) is 4.79 Å². The molecular formula is C20H22N2O2. The smallest absolute Gasteiger partial charge is 0.224 e. The van der Waals surface area contributed by atoms with E-state index in [0.29, 0.717) is 12.3 Å². The van der Waals surface area contributed by atoms with Crippen molar-refractivity contribution in [2.75, 3.05) is 17.7 Å². The molecular weight excluding hydrogens is 300 g/mol. The summed E-state index contributed by atoms with van der Waals surface area (Å²) in [6.07, 6.45) is 7.02. The number of allylic oxidation sites excluding steroid dienone is 2. The van der Waals surface area contributed by atoms with E-state index in [1.54, 1.807) is 7.11 Å². The average molecular weight is 322 g/mol. The summed E-state index contributed by atoms with van der Waals surface area (Å²) in [5.41, 5.74) is 2.78. The largest absolute Gasteiger partial charge is 0.497 e. The van der Waals surface area contributed by atoms with Gasteiger partial charge in [-0.05, 0) is 67.3 Å². The molecule has 2 aromatic rings. The van der Waals surface area contributed by atoms with Gasteiger partial charge in [0, 0.05) is 23.5 Å². The third-order valence-corrected chi connectivity index (χ3v) is 4.11. The molecule has 2 aromatic carbocycles. The van der Waals surface area contributed by atoms with E-state index in [1.165, 1.54) is 0 Å². The first kappa shape index (κ1) is 16.1. The molecule has 3 rings (SSSR count). The van der Waals surface area contributed by atoms with Crippen LogP contribution in [0.4, 0.5) is 17.1 Å². The lowest BCUT2D eigenvalue weighted by Gasteiger charge is -2.10. The molecule has 1 amide bonds. The molecule has 124 valence electrons. The summed E-state index contributed by atoms with van der Waals surface area (Å²) >= 11 is 0. The molecule has 0 spiro atoms. The highest BCUT2D eigenvalue weighted by Crippen LogP contribution is 2.23. The number of hydrogen-bond acceptors (Lipinski definition) is 3. The van der Waals surface area contributed by atoms with E-state index in [4.69, 9.17) is 4.74 Å². The molecule has 0 heterocycles. The molecule has 2 N–H and O–H groups in total. The van der Waals surface area contributed by atoms with Gasteiger partial charge in [0.1, 0.15) is 5.75 Å². The number of carbonyl (C=O) groups is 1. The van der Waals surface area contributed by atoms with Crippen molar-refractivity contribution in [3.63, 3.8) is 0 Å². The van der Waals surface area contributed by atoms with Crippen LogP contribution in [0.3, 0.4) is 0 Å². The van der Waals surface area contributed by atoms with Crippen molar-refractivity contribution in [1.29, 1.82) is 0 Å². The number of anilines is 3. The van der Waals surface area contributed by atoms with Crippen molar-refractivity contribution in [3.8, 4) is 5.75 Å². The van der Waals surface area contributed by atoms with Gasteiger partial charge in [-0.1, -0.05) is 12.2 Å². The number of amides is 1. The average Bonchev–Trinajstić information content (AvgIpc) is 3.10. The van der Waals surface area contributed by atoms with Crippen LogP contribution >= 0.6 is 0 Å². The minimum atomic E-state index is 0.0717. The van der Waals surface area contributed by atoms with Gasteiger partial charge < -0.3 is 15.4 Å². The van der Waals surface area contributed by atoms with E-state index in [-0.39, 0.29) is 5.91 Å². The van der Waals surface area contributed by atoms with Gasteiger partial charge in [-0.25, -0.2) is 0 Å². The Labute approximate surface area is 142 Å². The Hall–Kier alpha value is -2.75. The van der Waals surface area contributed by atoms with E-state index in [1.807, 2.05) is 48.5 Å². The first-order valence-corrected chi connectivity index (χ1v) is 8.20. The molecule has 4 nitrogen and oxygen atoms in total. The van der Waals surface area contributed by atoms with Crippen LogP contribution < -0.4 is 15.4 Å². The molecule has 1 aliphatic rings. The van der Waals surface area contributed by atoms with Gasteiger partial charge >= 0.3 is 0 Å². The van der Waals surface area contributed by atoms with Gasteiger partial charge in [0.15, 0.2) is 0 Å². The minimum absolute atomic E-state index is 0.0717. The lowest BCUT2D eigenvalue weighted by atomic mass is 10.1. The molecule has 0 saturated heterocycles. The second-order valence-electron chi connectivity index (χ2n) is 5.95. The fraction of sp³-hybridized carbons (Fsp3) is 0.250. The Balaban J connectivity index is 1.54. The van der Waals surface area contributed by atoms with Crippen LogP contribution in [0.15, 0.2) is 60.7 Å². The fourth-order valence-corrected chi connectivity index (χ4v) is 2.79. The van der Waals surface area contributed by atoms with Crippen LogP contribution in [0.1, 0.15) is 19.3 Å². The number of rotatable bonds is 6. The summed E-state index contributed by atoms with van der Waals surface area (Å²) in [7, 11) is 1.65. The van der Waals surface area contributed by atoms with Gasteiger partial charge in [-0.2, -0.15) is 0 Å².